The van der Waals surface area contributed by atoms with Gasteiger partial charge in [-0.3, -0.25) is 9.10 Å². The van der Waals surface area contributed by atoms with E-state index in [0.717, 1.165) is 0 Å². The fourth-order valence-corrected chi connectivity index (χ4v) is 4.52. The van der Waals surface area contributed by atoms with E-state index in [4.69, 9.17) is 4.74 Å². The number of hydrogen-bond acceptors (Lipinski definition) is 5. The van der Waals surface area contributed by atoms with Crippen LogP contribution in [0, 0.1) is 5.82 Å². The summed E-state index contributed by atoms with van der Waals surface area (Å²) in [5.74, 6) is -1.65. The third kappa shape index (κ3) is 6.17. The van der Waals surface area contributed by atoms with Crippen LogP contribution in [0.3, 0.4) is 0 Å². The first-order valence-corrected chi connectivity index (χ1v) is 11.6. The highest BCUT2D eigenvalue weighted by Gasteiger charge is 2.24. The first kappa shape index (κ1) is 23.9. The summed E-state index contributed by atoms with van der Waals surface area (Å²) in [5.41, 5.74) is 1.35. The summed E-state index contributed by atoms with van der Waals surface area (Å²) in [5, 5.41) is 2.57. The zero-order chi connectivity index (χ0) is 23.8. The molecule has 3 rings (SSSR count). The molecule has 0 unspecified atom stereocenters. The van der Waals surface area contributed by atoms with Gasteiger partial charge < -0.3 is 10.1 Å². The van der Waals surface area contributed by atoms with Gasteiger partial charge in [-0.2, -0.15) is 0 Å². The summed E-state index contributed by atoms with van der Waals surface area (Å²) in [6, 6.07) is 19.7. The Hall–Kier alpha value is -3.72. The van der Waals surface area contributed by atoms with Crippen molar-refractivity contribution in [2.24, 2.45) is 0 Å². The van der Waals surface area contributed by atoms with Crippen molar-refractivity contribution in [2.45, 2.75) is 18.4 Å². The smallest absolute Gasteiger partial charge is 0.338 e. The average molecular weight is 471 g/mol. The number of esters is 1. The van der Waals surface area contributed by atoms with Crippen LogP contribution in [-0.2, 0) is 26.1 Å². The van der Waals surface area contributed by atoms with E-state index in [2.05, 4.69) is 5.32 Å². The van der Waals surface area contributed by atoms with Crippen molar-refractivity contribution in [1.29, 1.82) is 0 Å². The van der Waals surface area contributed by atoms with Crippen molar-refractivity contribution in [3.8, 4) is 0 Å². The van der Waals surface area contributed by atoms with Crippen LogP contribution in [-0.4, -0.2) is 33.4 Å². The van der Waals surface area contributed by atoms with Crippen LogP contribution >= 0.6 is 0 Å². The maximum Gasteiger partial charge on any atom is 0.338 e. The first-order valence-electron chi connectivity index (χ1n) is 10.2. The largest absolute Gasteiger partial charge is 0.452 e. The maximum atomic E-state index is 13.0. The Labute approximate surface area is 191 Å². The number of sulfonamides is 1. The number of para-hydroxylation sites is 1. The van der Waals surface area contributed by atoms with E-state index in [1.54, 1.807) is 37.3 Å². The molecule has 33 heavy (non-hydrogen) atoms. The molecule has 0 heterocycles. The lowest BCUT2D eigenvalue weighted by Gasteiger charge is -2.22. The standard InChI is InChI=1S/C24H23FN2O5S/c1-2-27(21-6-4-3-5-7-21)33(30,31)22-14-10-19(11-15-22)24(29)32-17-23(28)26-16-18-8-12-20(25)13-9-18/h3-15H,2,16-17H2,1H3,(H,26,28). The molecule has 0 aliphatic carbocycles. The summed E-state index contributed by atoms with van der Waals surface area (Å²) in [6.45, 7) is 1.64. The Kier molecular flexibility index (Phi) is 7.78. The Morgan fingerprint density at radius 3 is 2.18 bits per heavy atom. The topological polar surface area (TPSA) is 92.8 Å². The van der Waals surface area contributed by atoms with Gasteiger partial charge in [0.1, 0.15) is 5.82 Å². The van der Waals surface area contributed by atoms with E-state index < -0.39 is 28.5 Å². The molecule has 0 fully saturated rings. The molecular formula is C24H23FN2O5S. The van der Waals surface area contributed by atoms with Crippen molar-refractivity contribution in [3.05, 3.63) is 95.8 Å². The molecule has 1 N–H and O–H groups in total. The predicted molar refractivity (Wildman–Crippen MR) is 122 cm³/mol. The maximum absolute atomic E-state index is 13.0. The molecular weight excluding hydrogens is 447 g/mol. The summed E-state index contributed by atoms with van der Waals surface area (Å²) < 4.78 is 45.2. The lowest BCUT2D eigenvalue weighted by Crippen LogP contribution is -2.30. The molecule has 7 nitrogen and oxygen atoms in total. The summed E-state index contributed by atoms with van der Waals surface area (Å²) in [6.07, 6.45) is 0. The summed E-state index contributed by atoms with van der Waals surface area (Å²) >= 11 is 0. The molecule has 9 heteroatoms. The number of carbonyl (C=O) groups excluding carboxylic acids is 2. The first-order chi connectivity index (χ1) is 15.8. The summed E-state index contributed by atoms with van der Waals surface area (Å²) in [4.78, 5) is 24.2. The van der Waals surface area contributed by atoms with E-state index in [1.807, 2.05) is 0 Å². The quantitative estimate of drug-likeness (QED) is 0.483. The van der Waals surface area contributed by atoms with Gasteiger partial charge >= 0.3 is 5.97 Å². The Morgan fingerprint density at radius 1 is 0.939 bits per heavy atom. The van der Waals surface area contributed by atoms with Crippen LogP contribution in [0.2, 0.25) is 0 Å². The second kappa shape index (κ2) is 10.7. The van der Waals surface area contributed by atoms with Gasteiger partial charge in [-0.1, -0.05) is 30.3 Å². The average Bonchev–Trinajstić information content (AvgIpc) is 2.83. The van der Waals surface area contributed by atoms with E-state index in [1.165, 1.54) is 52.8 Å². The minimum atomic E-state index is -3.82. The van der Waals surface area contributed by atoms with Crippen molar-refractivity contribution in [2.75, 3.05) is 17.5 Å². The highest BCUT2D eigenvalue weighted by atomic mass is 32.2. The number of amides is 1. The molecule has 0 atom stereocenters. The van der Waals surface area contributed by atoms with Crippen molar-refractivity contribution in [1.82, 2.24) is 5.32 Å². The second-order valence-corrected chi connectivity index (χ2v) is 8.87. The second-order valence-electron chi connectivity index (χ2n) is 7.01. The molecule has 172 valence electrons. The third-order valence-electron chi connectivity index (χ3n) is 4.75. The number of carbonyl (C=O) groups is 2. The number of halogens is 1. The minimum Gasteiger partial charge on any atom is -0.452 e. The van der Waals surface area contributed by atoms with Gasteiger partial charge in [-0.05, 0) is 61.0 Å². The zero-order valence-corrected chi connectivity index (χ0v) is 18.7. The fraction of sp³-hybridized carbons (Fsp3) is 0.167. The fourth-order valence-electron chi connectivity index (χ4n) is 3.04. The number of anilines is 1. The van der Waals surface area contributed by atoms with Crippen molar-refractivity contribution in [3.63, 3.8) is 0 Å². The predicted octanol–water partition coefficient (Wildman–Crippen LogP) is 3.51. The van der Waals surface area contributed by atoms with E-state index in [-0.39, 0.29) is 29.4 Å². The number of benzene rings is 3. The number of ether oxygens (including phenoxy) is 1. The monoisotopic (exact) mass is 470 g/mol. The molecule has 0 saturated carbocycles. The number of nitrogens with zero attached hydrogens (tertiary/aromatic N) is 1. The Morgan fingerprint density at radius 2 is 1.58 bits per heavy atom. The van der Waals surface area contributed by atoms with Crippen LogP contribution in [0.25, 0.3) is 0 Å². The van der Waals surface area contributed by atoms with Crippen LogP contribution < -0.4 is 9.62 Å². The van der Waals surface area contributed by atoms with Crippen molar-refractivity contribution >= 4 is 27.6 Å². The minimum absolute atomic E-state index is 0.0294. The molecule has 0 aromatic heterocycles. The van der Waals surface area contributed by atoms with E-state index in [0.29, 0.717) is 11.3 Å². The van der Waals surface area contributed by atoms with Gasteiger partial charge in [-0.15, -0.1) is 0 Å². The molecule has 1 amide bonds. The molecule has 0 spiro atoms. The highest BCUT2D eigenvalue weighted by Crippen LogP contribution is 2.23. The number of hydrogen-bond donors (Lipinski definition) is 1. The lowest BCUT2D eigenvalue weighted by molar-refractivity contribution is -0.124. The Bertz CT molecular complexity index is 1200. The number of nitrogens with one attached hydrogen (secondary N) is 1. The van der Waals surface area contributed by atoms with Crippen LogP contribution in [0.15, 0.2) is 83.8 Å². The summed E-state index contributed by atoms with van der Waals surface area (Å²) in [7, 11) is -3.82. The van der Waals surface area contributed by atoms with Crippen LogP contribution in [0.1, 0.15) is 22.8 Å². The molecule has 3 aromatic rings. The van der Waals surface area contributed by atoms with Crippen LogP contribution in [0.5, 0.6) is 0 Å². The highest BCUT2D eigenvalue weighted by molar-refractivity contribution is 7.92. The SMILES string of the molecule is CCN(c1ccccc1)S(=O)(=O)c1ccc(C(=O)OCC(=O)NCc2ccc(F)cc2)cc1. The van der Waals surface area contributed by atoms with Gasteiger partial charge in [0.25, 0.3) is 15.9 Å². The normalized spacial score (nSPS) is 11.0. The third-order valence-corrected chi connectivity index (χ3v) is 6.66. The zero-order valence-electron chi connectivity index (χ0n) is 17.9. The van der Waals surface area contributed by atoms with Gasteiger partial charge in [0.05, 0.1) is 16.1 Å². The van der Waals surface area contributed by atoms with Crippen molar-refractivity contribution < 1.29 is 27.1 Å². The molecule has 0 aliphatic rings. The van der Waals surface area contributed by atoms with Gasteiger partial charge in [0.15, 0.2) is 6.61 Å². The van der Waals surface area contributed by atoms with Gasteiger partial charge in [-0.25, -0.2) is 17.6 Å². The van der Waals surface area contributed by atoms with Gasteiger partial charge in [0, 0.05) is 13.1 Å². The van der Waals surface area contributed by atoms with E-state index >= 15 is 0 Å². The number of rotatable bonds is 9. The molecule has 0 bridgehead atoms. The Balaban J connectivity index is 1.58. The van der Waals surface area contributed by atoms with E-state index in [9.17, 15) is 22.4 Å². The van der Waals surface area contributed by atoms with Gasteiger partial charge in [0.2, 0.25) is 0 Å². The lowest BCUT2D eigenvalue weighted by atomic mass is 10.2. The molecule has 0 saturated heterocycles. The van der Waals surface area contributed by atoms with Crippen LogP contribution in [0.4, 0.5) is 10.1 Å². The molecule has 3 aromatic carbocycles. The molecule has 0 aliphatic heterocycles. The molecule has 0 radical (unpaired) electrons.